The lowest BCUT2D eigenvalue weighted by Crippen LogP contribution is -2.17. The van der Waals surface area contributed by atoms with Gasteiger partial charge in [-0.25, -0.2) is 13.1 Å². The van der Waals surface area contributed by atoms with Gasteiger partial charge in [-0.05, 0) is 32.0 Å². The van der Waals surface area contributed by atoms with Crippen LogP contribution in [0.3, 0.4) is 0 Å². The van der Waals surface area contributed by atoms with Gasteiger partial charge in [-0.1, -0.05) is 11.6 Å². The Balaban J connectivity index is 2.38. The molecule has 8 heteroatoms. The van der Waals surface area contributed by atoms with Gasteiger partial charge < -0.3 is 5.73 Å². The predicted molar refractivity (Wildman–Crippen MR) is 79.3 cm³/mol. The SMILES string of the molecule is CC(C)n1nccc1NS(=O)(=O)c1ccc(N)cc1Cl. The first-order chi connectivity index (χ1) is 9.31. The van der Waals surface area contributed by atoms with E-state index in [1.54, 1.807) is 10.7 Å². The summed E-state index contributed by atoms with van der Waals surface area (Å²) in [6, 6.07) is 5.87. The summed E-state index contributed by atoms with van der Waals surface area (Å²) in [5, 5.41) is 4.14. The van der Waals surface area contributed by atoms with E-state index in [0.717, 1.165) is 0 Å². The molecule has 1 aromatic carbocycles. The topological polar surface area (TPSA) is 90.0 Å². The number of nitrogens with two attached hydrogens (primary N) is 1. The van der Waals surface area contributed by atoms with E-state index in [4.69, 9.17) is 17.3 Å². The molecule has 0 radical (unpaired) electrons. The molecule has 0 saturated carbocycles. The number of nitrogen functional groups attached to an aromatic ring is 1. The number of hydrogen-bond acceptors (Lipinski definition) is 4. The maximum Gasteiger partial charge on any atom is 0.264 e. The Kier molecular flexibility index (Phi) is 3.92. The number of sulfonamides is 1. The summed E-state index contributed by atoms with van der Waals surface area (Å²) in [7, 11) is -3.79. The molecule has 108 valence electrons. The first kappa shape index (κ1) is 14.7. The van der Waals surface area contributed by atoms with E-state index in [0.29, 0.717) is 11.5 Å². The van der Waals surface area contributed by atoms with Crippen molar-refractivity contribution in [1.82, 2.24) is 9.78 Å². The summed E-state index contributed by atoms with van der Waals surface area (Å²) >= 11 is 5.93. The summed E-state index contributed by atoms with van der Waals surface area (Å²) < 4.78 is 28.7. The zero-order chi connectivity index (χ0) is 14.9. The van der Waals surface area contributed by atoms with Crippen molar-refractivity contribution in [3.05, 3.63) is 35.5 Å². The second-order valence-corrected chi connectivity index (χ2v) is 6.61. The van der Waals surface area contributed by atoms with Crippen molar-refractivity contribution in [1.29, 1.82) is 0 Å². The molecule has 2 aromatic rings. The van der Waals surface area contributed by atoms with Crippen molar-refractivity contribution in [2.45, 2.75) is 24.8 Å². The van der Waals surface area contributed by atoms with E-state index < -0.39 is 10.0 Å². The van der Waals surface area contributed by atoms with Crippen LogP contribution in [-0.4, -0.2) is 18.2 Å². The maximum atomic E-state index is 12.3. The first-order valence-electron chi connectivity index (χ1n) is 5.92. The van der Waals surface area contributed by atoms with Gasteiger partial charge in [0, 0.05) is 17.8 Å². The van der Waals surface area contributed by atoms with Gasteiger partial charge in [0.1, 0.15) is 10.7 Å². The van der Waals surface area contributed by atoms with E-state index in [1.807, 2.05) is 13.8 Å². The first-order valence-corrected chi connectivity index (χ1v) is 7.79. The lowest BCUT2D eigenvalue weighted by Gasteiger charge is -2.13. The average molecular weight is 315 g/mol. The standard InChI is InChI=1S/C12H15ClN4O2S/c1-8(2)17-12(5-6-15-17)16-20(18,19)11-4-3-9(14)7-10(11)13/h3-8,16H,14H2,1-2H3. The van der Waals surface area contributed by atoms with Gasteiger partial charge in [0.05, 0.1) is 11.2 Å². The molecule has 2 rings (SSSR count). The average Bonchev–Trinajstić information content (AvgIpc) is 2.75. The molecule has 0 bridgehead atoms. The highest BCUT2D eigenvalue weighted by Gasteiger charge is 2.20. The van der Waals surface area contributed by atoms with Crippen LogP contribution in [0.25, 0.3) is 0 Å². The van der Waals surface area contributed by atoms with Crippen LogP contribution in [0.15, 0.2) is 35.4 Å². The number of benzene rings is 1. The number of anilines is 2. The quantitative estimate of drug-likeness (QED) is 0.848. The summed E-state index contributed by atoms with van der Waals surface area (Å²) in [5.74, 6) is 0.382. The Labute approximate surface area is 122 Å². The largest absolute Gasteiger partial charge is 0.399 e. The molecule has 0 unspecified atom stereocenters. The van der Waals surface area contributed by atoms with Crippen molar-refractivity contribution >= 4 is 33.1 Å². The second kappa shape index (κ2) is 5.34. The molecular weight excluding hydrogens is 300 g/mol. The number of hydrogen-bond donors (Lipinski definition) is 2. The van der Waals surface area contributed by atoms with E-state index in [2.05, 4.69) is 9.82 Å². The van der Waals surface area contributed by atoms with Gasteiger partial charge >= 0.3 is 0 Å². The molecule has 1 heterocycles. The minimum absolute atomic E-state index is 0.0233. The molecule has 3 N–H and O–H groups in total. The fourth-order valence-electron chi connectivity index (χ4n) is 1.73. The lowest BCUT2D eigenvalue weighted by atomic mass is 10.3. The predicted octanol–water partition coefficient (Wildman–Crippen LogP) is 2.50. The van der Waals surface area contributed by atoms with Crippen molar-refractivity contribution in [2.24, 2.45) is 0 Å². The van der Waals surface area contributed by atoms with Gasteiger partial charge in [-0.2, -0.15) is 5.10 Å². The van der Waals surface area contributed by atoms with E-state index >= 15 is 0 Å². The number of halogens is 1. The molecule has 6 nitrogen and oxygen atoms in total. The van der Waals surface area contributed by atoms with Crippen LogP contribution < -0.4 is 10.5 Å². The number of nitrogens with one attached hydrogen (secondary N) is 1. The summed E-state index contributed by atoms with van der Waals surface area (Å²) in [6.07, 6.45) is 1.53. The van der Waals surface area contributed by atoms with Crippen molar-refractivity contribution in [3.8, 4) is 0 Å². The van der Waals surface area contributed by atoms with Crippen LogP contribution in [0, 0.1) is 0 Å². The van der Waals surface area contributed by atoms with Gasteiger partial charge in [0.15, 0.2) is 0 Å². The molecule has 1 aromatic heterocycles. The van der Waals surface area contributed by atoms with E-state index in [-0.39, 0.29) is 16.0 Å². The molecule has 0 saturated heterocycles. The molecule has 0 spiro atoms. The summed E-state index contributed by atoms with van der Waals surface area (Å²) in [5.41, 5.74) is 5.96. The minimum atomic E-state index is -3.79. The second-order valence-electron chi connectivity index (χ2n) is 4.55. The number of nitrogens with zero attached hydrogens (tertiary/aromatic N) is 2. The molecule has 0 aliphatic rings. The smallest absolute Gasteiger partial charge is 0.264 e. The number of aromatic nitrogens is 2. The Bertz CT molecular complexity index is 725. The van der Waals surface area contributed by atoms with Gasteiger partial charge in [0.25, 0.3) is 10.0 Å². The van der Waals surface area contributed by atoms with Crippen molar-refractivity contribution < 1.29 is 8.42 Å². The van der Waals surface area contributed by atoms with Crippen LogP contribution in [0.1, 0.15) is 19.9 Å². The van der Waals surface area contributed by atoms with Crippen molar-refractivity contribution in [3.63, 3.8) is 0 Å². The van der Waals surface area contributed by atoms with Crippen LogP contribution in [0.5, 0.6) is 0 Å². The molecule has 0 atom stereocenters. The Hall–Kier alpha value is -1.73. The molecular formula is C12H15ClN4O2S. The zero-order valence-electron chi connectivity index (χ0n) is 11.0. The summed E-state index contributed by atoms with van der Waals surface area (Å²) in [4.78, 5) is -0.0233. The van der Waals surface area contributed by atoms with Gasteiger partial charge in [-0.15, -0.1) is 0 Å². The molecule has 0 amide bonds. The third kappa shape index (κ3) is 2.88. The van der Waals surface area contributed by atoms with Gasteiger partial charge in [0.2, 0.25) is 0 Å². The third-order valence-corrected chi connectivity index (χ3v) is 4.48. The van der Waals surface area contributed by atoms with Crippen LogP contribution in [0.2, 0.25) is 5.02 Å². The maximum absolute atomic E-state index is 12.3. The van der Waals surface area contributed by atoms with Crippen LogP contribution >= 0.6 is 11.6 Å². The Morgan fingerprint density at radius 1 is 1.35 bits per heavy atom. The van der Waals surface area contributed by atoms with Crippen LogP contribution in [0.4, 0.5) is 11.5 Å². The normalized spacial score (nSPS) is 11.8. The molecule has 0 aliphatic heterocycles. The Morgan fingerprint density at radius 3 is 2.65 bits per heavy atom. The fourth-order valence-corrected chi connectivity index (χ4v) is 3.34. The van der Waals surface area contributed by atoms with Crippen molar-refractivity contribution in [2.75, 3.05) is 10.5 Å². The minimum Gasteiger partial charge on any atom is -0.399 e. The monoisotopic (exact) mass is 314 g/mol. The molecule has 0 aliphatic carbocycles. The van der Waals surface area contributed by atoms with Crippen LogP contribution in [-0.2, 0) is 10.0 Å². The van der Waals surface area contributed by atoms with Gasteiger partial charge in [-0.3, -0.25) is 4.72 Å². The highest BCUT2D eigenvalue weighted by atomic mass is 35.5. The third-order valence-electron chi connectivity index (χ3n) is 2.64. The van der Waals surface area contributed by atoms with E-state index in [9.17, 15) is 8.42 Å². The fraction of sp³-hybridized carbons (Fsp3) is 0.250. The highest BCUT2D eigenvalue weighted by molar-refractivity contribution is 7.92. The molecule has 0 fully saturated rings. The zero-order valence-corrected chi connectivity index (χ0v) is 12.6. The lowest BCUT2D eigenvalue weighted by molar-refractivity contribution is 0.539. The van der Waals surface area contributed by atoms with E-state index in [1.165, 1.54) is 24.4 Å². The highest BCUT2D eigenvalue weighted by Crippen LogP contribution is 2.26. The summed E-state index contributed by atoms with van der Waals surface area (Å²) in [6.45, 7) is 3.81. The molecule has 20 heavy (non-hydrogen) atoms. The Morgan fingerprint density at radius 2 is 2.05 bits per heavy atom. The number of rotatable bonds is 4.